The molecule has 7 heteroatoms. The molecule has 0 bridgehead atoms. The summed E-state index contributed by atoms with van der Waals surface area (Å²) in [7, 11) is 1.89. The largest absolute Gasteiger partial charge is 0.330 e. The summed E-state index contributed by atoms with van der Waals surface area (Å²) in [5.41, 5.74) is 3.64. The summed E-state index contributed by atoms with van der Waals surface area (Å²) < 4.78 is 1.77. The van der Waals surface area contributed by atoms with Crippen molar-refractivity contribution < 1.29 is 4.79 Å². The van der Waals surface area contributed by atoms with Gasteiger partial charge in [0.2, 0.25) is 11.9 Å². The predicted molar refractivity (Wildman–Crippen MR) is 100.0 cm³/mol. The smallest absolute Gasteiger partial charge is 0.246 e. The Morgan fingerprint density at radius 3 is 2.58 bits per heavy atom. The van der Waals surface area contributed by atoms with Crippen LogP contribution < -0.4 is 9.80 Å². The second kappa shape index (κ2) is 6.59. The maximum atomic E-state index is 12.6. The van der Waals surface area contributed by atoms with Gasteiger partial charge >= 0.3 is 0 Å². The zero-order valence-electron chi connectivity index (χ0n) is 14.8. The van der Waals surface area contributed by atoms with Crippen LogP contribution in [-0.2, 0) is 11.8 Å². The van der Waals surface area contributed by atoms with Gasteiger partial charge in [-0.05, 0) is 25.1 Å². The summed E-state index contributed by atoms with van der Waals surface area (Å²) in [5.74, 6) is 0.626. The van der Waals surface area contributed by atoms with Crippen LogP contribution in [0, 0.1) is 6.92 Å². The van der Waals surface area contributed by atoms with E-state index in [-0.39, 0.29) is 12.5 Å². The number of nitrogens with zero attached hydrogens (tertiary/aromatic N) is 6. The highest BCUT2D eigenvalue weighted by Gasteiger charge is 2.26. The number of amides is 1. The van der Waals surface area contributed by atoms with E-state index in [0.717, 1.165) is 22.6 Å². The molecule has 1 aliphatic rings. The van der Waals surface area contributed by atoms with E-state index in [1.165, 1.54) is 0 Å². The second-order valence-corrected chi connectivity index (χ2v) is 6.35. The van der Waals surface area contributed by atoms with Gasteiger partial charge in [-0.3, -0.25) is 9.48 Å². The van der Waals surface area contributed by atoms with Crippen molar-refractivity contribution >= 4 is 17.5 Å². The Kier molecular flexibility index (Phi) is 4.12. The highest BCUT2D eigenvalue weighted by molar-refractivity contribution is 5.97. The number of hydrogen-bond donors (Lipinski definition) is 0. The lowest BCUT2D eigenvalue weighted by atomic mass is 10.2. The average molecular weight is 348 g/mol. The topological polar surface area (TPSA) is 67.2 Å². The van der Waals surface area contributed by atoms with Gasteiger partial charge in [0.15, 0.2) is 0 Å². The van der Waals surface area contributed by atoms with Crippen molar-refractivity contribution in [2.75, 3.05) is 29.4 Å². The van der Waals surface area contributed by atoms with E-state index < -0.39 is 0 Å². The van der Waals surface area contributed by atoms with Crippen LogP contribution >= 0.6 is 0 Å². The molecule has 0 radical (unpaired) electrons. The van der Waals surface area contributed by atoms with E-state index in [2.05, 4.69) is 15.1 Å². The summed E-state index contributed by atoms with van der Waals surface area (Å²) in [6.45, 7) is 3.53. The Labute approximate surface area is 151 Å². The van der Waals surface area contributed by atoms with Crippen molar-refractivity contribution in [3.05, 3.63) is 54.5 Å². The van der Waals surface area contributed by atoms with Crippen molar-refractivity contribution in [1.29, 1.82) is 0 Å². The van der Waals surface area contributed by atoms with Crippen LogP contribution in [0.4, 0.5) is 11.6 Å². The van der Waals surface area contributed by atoms with E-state index in [4.69, 9.17) is 0 Å². The van der Waals surface area contributed by atoms with Gasteiger partial charge in [0.05, 0.1) is 11.4 Å². The monoisotopic (exact) mass is 348 g/mol. The lowest BCUT2D eigenvalue weighted by molar-refractivity contribution is -0.117. The molecule has 7 nitrogen and oxygen atoms in total. The number of hydrogen-bond acceptors (Lipinski definition) is 5. The fourth-order valence-electron chi connectivity index (χ4n) is 3.23. The van der Waals surface area contributed by atoms with Crippen molar-refractivity contribution in [3.63, 3.8) is 0 Å². The molecule has 0 aliphatic carbocycles. The first-order valence-electron chi connectivity index (χ1n) is 8.56. The van der Waals surface area contributed by atoms with E-state index in [1.54, 1.807) is 10.9 Å². The Morgan fingerprint density at radius 2 is 1.88 bits per heavy atom. The van der Waals surface area contributed by atoms with E-state index in [9.17, 15) is 4.79 Å². The molecule has 3 heterocycles. The molecular formula is C19H20N6O. The quantitative estimate of drug-likeness (QED) is 0.725. The van der Waals surface area contributed by atoms with Crippen LogP contribution in [0.25, 0.3) is 11.3 Å². The predicted octanol–water partition coefficient (Wildman–Crippen LogP) is 2.04. The Bertz CT molecular complexity index is 936. The third-order valence-corrected chi connectivity index (χ3v) is 4.50. The summed E-state index contributed by atoms with van der Waals surface area (Å²) in [4.78, 5) is 25.4. The molecule has 26 heavy (non-hydrogen) atoms. The molecule has 1 amide bonds. The molecule has 1 aromatic carbocycles. The summed E-state index contributed by atoms with van der Waals surface area (Å²) in [6.07, 6.45) is 3.68. The number of piperazine rings is 1. The fourth-order valence-corrected chi connectivity index (χ4v) is 3.23. The van der Waals surface area contributed by atoms with Gasteiger partial charge in [-0.2, -0.15) is 5.10 Å². The first-order valence-corrected chi connectivity index (χ1v) is 8.56. The van der Waals surface area contributed by atoms with Crippen LogP contribution in [0.2, 0.25) is 0 Å². The van der Waals surface area contributed by atoms with Gasteiger partial charge in [0.25, 0.3) is 0 Å². The average Bonchev–Trinajstić information content (AvgIpc) is 3.01. The molecule has 0 N–H and O–H groups in total. The number of rotatable bonds is 3. The lowest BCUT2D eigenvalue weighted by Gasteiger charge is -2.34. The zero-order chi connectivity index (χ0) is 18.1. The SMILES string of the molecule is Cc1nn(C)cc1-c1ccnc(N2CCN(c3ccccc3)C(=O)C2)n1. The van der Waals surface area contributed by atoms with E-state index in [0.29, 0.717) is 19.0 Å². The van der Waals surface area contributed by atoms with Crippen LogP contribution in [0.15, 0.2) is 48.8 Å². The molecule has 2 aromatic heterocycles. The van der Waals surface area contributed by atoms with Gasteiger partial charge < -0.3 is 9.80 Å². The lowest BCUT2D eigenvalue weighted by Crippen LogP contribution is -2.51. The third-order valence-electron chi connectivity index (χ3n) is 4.50. The number of anilines is 2. The van der Waals surface area contributed by atoms with Crippen LogP contribution in [0.1, 0.15) is 5.69 Å². The first-order chi connectivity index (χ1) is 12.6. The second-order valence-electron chi connectivity index (χ2n) is 6.35. The van der Waals surface area contributed by atoms with Crippen molar-refractivity contribution in [1.82, 2.24) is 19.7 Å². The summed E-state index contributed by atoms with van der Waals surface area (Å²) in [5, 5.41) is 4.37. The molecule has 1 fully saturated rings. The number of carbonyl (C=O) groups excluding carboxylic acids is 1. The van der Waals surface area contributed by atoms with Crippen LogP contribution in [0.5, 0.6) is 0 Å². The van der Waals surface area contributed by atoms with Gasteiger partial charge in [-0.15, -0.1) is 0 Å². The minimum atomic E-state index is 0.0500. The normalized spacial score (nSPS) is 14.8. The van der Waals surface area contributed by atoms with Gasteiger partial charge in [-0.25, -0.2) is 9.97 Å². The maximum absolute atomic E-state index is 12.6. The molecule has 0 unspecified atom stereocenters. The molecular weight excluding hydrogens is 328 g/mol. The van der Waals surface area contributed by atoms with Crippen molar-refractivity contribution in [3.8, 4) is 11.3 Å². The Morgan fingerprint density at radius 1 is 1.08 bits per heavy atom. The van der Waals surface area contributed by atoms with E-state index in [1.807, 2.05) is 66.4 Å². The highest BCUT2D eigenvalue weighted by Crippen LogP contribution is 2.23. The molecule has 1 aliphatic heterocycles. The van der Waals surface area contributed by atoms with E-state index >= 15 is 0 Å². The number of carbonyl (C=O) groups is 1. The third kappa shape index (κ3) is 3.03. The van der Waals surface area contributed by atoms with Crippen molar-refractivity contribution in [2.45, 2.75) is 6.92 Å². The zero-order valence-corrected chi connectivity index (χ0v) is 14.8. The number of para-hydroxylation sites is 1. The molecule has 0 spiro atoms. The molecule has 3 aromatic rings. The highest BCUT2D eigenvalue weighted by atomic mass is 16.2. The number of aromatic nitrogens is 4. The molecule has 4 rings (SSSR count). The van der Waals surface area contributed by atoms with Gasteiger partial charge in [0, 0.05) is 43.8 Å². The minimum absolute atomic E-state index is 0.0500. The Hall–Kier alpha value is -3.22. The van der Waals surface area contributed by atoms with Crippen LogP contribution in [-0.4, -0.2) is 45.3 Å². The Balaban J connectivity index is 1.55. The molecule has 1 saturated heterocycles. The standard InChI is InChI=1S/C19H20N6O/c1-14-16(12-23(2)22-14)17-8-9-20-19(21-17)24-10-11-25(18(26)13-24)15-6-4-3-5-7-15/h3-9,12H,10-11,13H2,1-2H3. The minimum Gasteiger partial charge on any atom is -0.330 e. The number of aryl methyl sites for hydroxylation is 2. The number of benzene rings is 1. The molecule has 0 saturated carbocycles. The maximum Gasteiger partial charge on any atom is 0.246 e. The fraction of sp³-hybridized carbons (Fsp3) is 0.263. The molecule has 132 valence electrons. The summed E-state index contributed by atoms with van der Waals surface area (Å²) >= 11 is 0. The van der Waals surface area contributed by atoms with Crippen molar-refractivity contribution in [2.24, 2.45) is 7.05 Å². The summed E-state index contributed by atoms with van der Waals surface area (Å²) in [6, 6.07) is 11.6. The van der Waals surface area contributed by atoms with Crippen LogP contribution in [0.3, 0.4) is 0 Å². The molecule has 0 atom stereocenters. The first kappa shape index (κ1) is 16.3. The van der Waals surface area contributed by atoms with Gasteiger partial charge in [-0.1, -0.05) is 18.2 Å². The van der Waals surface area contributed by atoms with Gasteiger partial charge in [0.1, 0.15) is 6.54 Å².